The van der Waals surface area contributed by atoms with Gasteiger partial charge in [0.2, 0.25) is 5.91 Å². The van der Waals surface area contributed by atoms with Gasteiger partial charge < -0.3 is 19.7 Å². The molecule has 5 nitrogen and oxygen atoms in total. The molecular formula is C16H22N2O3. The maximum absolute atomic E-state index is 12.4. The van der Waals surface area contributed by atoms with Crippen LogP contribution in [-0.4, -0.2) is 49.8 Å². The summed E-state index contributed by atoms with van der Waals surface area (Å²) in [6.07, 6.45) is 1.88. The maximum Gasteiger partial charge on any atom is 0.249 e. The normalized spacial score (nSPS) is 21.6. The predicted octanol–water partition coefficient (Wildman–Crippen LogP) is 1.18. The molecule has 2 aliphatic heterocycles. The van der Waals surface area contributed by atoms with Crippen molar-refractivity contribution in [3.63, 3.8) is 0 Å². The van der Waals surface area contributed by atoms with Gasteiger partial charge in [-0.15, -0.1) is 0 Å². The fraction of sp³-hybridized carbons (Fsp3) is 0.562. The molecule has 0 bridgehead atoms. The Bertz CT molecular complexity index is 506. The molecule has 1 aromatic carbocycles. The predicted molar refractivity (Wildman–Crippen MR) is 79.2 cm³/mol. The van der Waals surface area contributed by atoms with Crippen LogP contribution in [-0.2, 0) is 16.1 Å². The van der Waals surface area contributed by atoms with Crippen molar-refractivity contribution in [3.05, 3.63) is 29.8 Å². The molecule has 3 rings (SSSR count). The Labute approximate surface area is 125 Å². The number of piperidine rings is 1. The van der Waals surface area contributed by atoms with Crippen molar-refractivity contribution >= 4 is 5.91 Å². The summed E-state index contributed by atoms with van der Waals surface area (Å²) in [5, 5.41) is 3.36. The van der Waals surface area contributed by atoms with Gasteiger partial charge in [0.25, 0.3) is 0 Å². The van der Waals surface area contributed by atoms with Gasteiger partial charge in [-0.3, -0.25) is 4.79 Å². The van der Waals surface area contributed by atoms with Crippen molar-refractivity contribution in [2.45, 2.75) is 24.9 Å². The highest BCUT2D eigenvalue weighted by Gasteiger charge is 2.44. The van der Waals surface area contributed by atoms with Crippen LogP contribution in [0.4, 0.5) is 0 Å². The van der Waals surface area contributed by atoms with Crippen LogP contribution in [0.15, 0.2) is 24.3 Å². The average Bonchev–Trinajstić information content (AvgIpc) is 2.52. The number of ether oxygens (including phenoxy) is 2. The third kappa shape index (κ3) is 2.76. The zero-order valence-electron chi connectivity index (χ0n) is 12.4. The van der Waals surface area contributed by atoms with E-state index in [1.807, 2.05) is 29.2 Å². The summed E-state index contributed by atoms with van der Waals surface area (Å²) in [6.45, 7) is 3.27. The van der Waals surface area contributed by atoms with Crippen LogP contribution in [0, 0.1) is 0 Å². The number of nitrogens with one attached hydrogen (secondary N) is 1. The molecule has 1 N–H and O–H groups in total. The highest BCUT2D eigenvalue weighted by molar-refractivity contribution is 5.79. The van der Waals surface area contributed by atoms with Gasteiger partial charge in [-0.05, 0) is 32.0 Å². The lowest BCUT2D eigenvalue weighted by molar-refractivity contribution is -0.162. The molecule has 0 aromatic heterocycles. The van der Waals surface area contributed by atoms with Crippen molar-refractivity contribution in [1.82, 2.24) is 10.2 Å². The first-order chi connectivity index (χ1) is 10.2. The second-order valence-corrected chi connectivity index (χ2v) is 5.76. The van der Waals surface area contributed by atoms with Gasteiger partial charge in [-0.25, -0.2) is 0 Å². The van der Waals surface area contributed by atoms with Gasteiger partial charge in [0.05, 0.1) is 25.8 Å². The molecule has 1 spiro atoms. The SMILES string of the molecule is COc1ccccc1CN1C(=O)COCC12CCNCC2. The Kier molecular flexibility index (Phi) is 4.12. The van der Waals surface area contributed by atoms with E-state index >= 15 is 0 Å². The molecule has 2 fully saturated rings. The number of benzene rings is 1. The number of rotatable bonds is 3. The Morgan fingerprint density at radius 3 is 2.86 bits per heavy atom. The molecule has 0 atom stereocenters. The van der Waals surface area contributed by atoms with Crippen LogP contribution in [0.5, 0.6) is 5.75 Å². The largest absolute Gasteiger partial charge is 0.496 e. The number of nitrogens with zero attached hydrogens (tertiary/aromatic N) is 1. The standard InChI is InChI=1S/C16H22N2O3/c1-20-14-5-3-2-4-13(14)10-18-15(19)11-21-12-16(18)6-8-17-9-7-16/h2-5,17H,6-12H2,1H3. The maximum atomic E-state index is 12.4. The smallest absolute Gasteiger partial charge is 0.249 e. The summed E-state index contributed by atoms with van der Waals surface area (Å²) in [5.41, 5.74) is 0.884. The summed E-state index contributed by atoms with van der Waals surface area (Å²) in [4.78, 5) is 14.4. The van der Waals surface area contributed by atoms with Crippen LogP contribution < -0.4 is 10.1 Å². The first-order valence-electron chi connectivity index (χ1n) is 7.46. The molecule has 2 aliphatic rings. The Morgan fingerprint density at radius 1 is 1.33 bits per heavy atom. The highest BCUT2D eigenvalue weighted by Crippen LogP contribution is 2.33. The number of carbonyl (C=O) groups excluding carboxylic acids is 1. The van der Waals surface area contributed by atoms with Crippen LogP contribution in [0.2, 0.25) is 0 Å². The first-order valence-corrected chi connectivity index (χ1v) is 7.46. The van der Waals surface area contributed by atoms with Crippen LogP contribution in [0.25, 0.3) is 0 Å². The Hall–Kier alpha value is -1.59. The van der Waals surface area contributed by atoms with E-state index in [-0.39, 0.29) is 18.1 Å². The van der Waals surface area contributed by atoms with Crippen molar-refractivity contribution in [1.29, 1.82) is 0 Å². The zero-order chi connectivity index (χ0) is 14.7. The lowest BCUT2D eigenvalue weighted by Gasteiger charge is -2.49. The Morgan fingerprint density at radius 2 is 2.10 bits per heavy atom. The number of para-hydroxylation sites is 1. The quantitative estimate of drug-likeness (QED) is 0.908. The molecule has 21 heavy (non-hydrogen) atoms. The van der Waals surface area contributed by atoms with E-state index in [1.165, 1.54) is 0 Å². The molecular weight excluding hydrogens is 268 g/mol. The fourth-order valence-corrected chi connectivity index (χ4v) is 3.31. The molecule has 2 saturated heterocycles. The summed E-state index contributed by atoms with van der Waals surface area (Å²) in [5.74, 6) is 0.912. The number of morpholine rings is 1. The van der Waals surface area contributed by atoms with Crippen molar-refractivity contribution in [2.24, 2.45) is 0 Å². The molecule has 1 aromatic rings. The van der Waals surface area contributed by atoms with E-state index in [1.54, 1.807) is 7.11 Å². The summed E-state index contributed by atoms with van der Waals surface area (Å²) < 4.78 is 11.0. The van der Waals surface area contributed by atoms with Crippen LogP contribution in [0.3, 0.4) is 0 Å². The van der Waals surface area contributed by atoms with E-state index < -0.39 is 0 Å². The fourth-order valence-electron chi connectivity index (χ4n) is 3.31. The third-order valence-corrected chi connectivity index (χ3v) is 4.53. The molecule has 2 heterocycles. The van der Waals surface area contributed by atoms with E-state index in [9.17, 15) is 4.79 Å². The summed E-state index contributed by atoms with van der Waals surface area (Å²) in [7, 11) is 1.67. The van der Waals surface area contributed by atoms with Crippen molar-refractivity contribution in [2.75, 3.05) is 33.4 Å². The van der Waals surface area contributed by atoms with Gasteiger partial charge in [0, 0.05) is 5.56 Å². The molecule has 0 aliphatic carbocycles. The van der Waals surface area contributed by atoms with Gasteiger partial charge in [-0.2, -0.15) is 0 Å². The average molecular weight is 290 g/mol. The molecule has 114 valence electrons. The molecule has 5 heteroatoms. The van der Waals surface area contributed by atoms with Gasteiger partial charge in [-0.1, -0.05) is 18.2 Å². The van der Waals surface area contributed by atoms with Gasteiger partial charge in [0.15, 0.2) is 0 Å². The zero-order valence-corrected chi connectivity index (χ0v) is 12.4. The first kappa shape index (κ1) is 14.4. The van der Waals surface area contributed by atoms with E-state index in [4.69, 9.17) is 9.47 Å². The second kappa shape index (κ2) is 6.03. The number of methoxy groups -OCH3 is 1. The van der Waals surface area contributed by atoms with E-state index in [0.29, 0.717) is 13.2 Å². The number of hydrogen-bond donors (Lipinski definition) is 1. The van der Waals surface area contributed by atoms with Crippen LogP contribution >= 0.6 is 0 Å². The van der Waals surface area contributed by atoms with Crippen LogP contribution in [0.1, 0.15) is 18.4 Å². The minimum absolute atomic E-state index is 0.0778. The van der Waals surface area contributed by atoms with E-state index in [2.05, 4.69) is 5.32 Å². The monoisotopic (exact) mass is 290 g/mol. The summed E-state index contributed by atoms with van der Waals surface area (Å²) >= 11 is 0. The minimum Gasteiger partial charge on any atom is -0.496 e. The third-order valence-electron chi connectivity index (χ3n) is 4.53. The number of carbonyl (C=O) groups is 1. The number of hydrogen-bond acceptors (Lipinski definition) is 4. The molecule has 0 radical (unpaired) electrons. The second-order valence-electron chi connectivity index (χ2n) is 5.76. The van der Waals surface area contributed by atoms with E-state index in [0.717, 1.165) is 37.2 Å². The van der Waals surface area contributed by atoms with Crippen molar-refractivity contribution < 1.29 is 14.3 Å². The molecule has 0 unspecified atom stereocenters. The lowest BCUT2D eigenvalue weighted by atomic mass is 9.85. The molecule has 1 amide bonds. The lowest BCUT2D eigenvalue weighted by Crippen LogP contribution is -2.62. The van der Waals surface area contributed by atoms with Gasteiger partial charge >= 0.3 is 0 Å². The summed E-state index contributed by atoms with van der Waals surface area (Å²) in [6, 6.07) is 7.90. The highest BCUT2D eigenvalue weighted by atomic mass is 16.5. The molecule has 0 saturated carbocycles. The van der Waals surface area contributed by atoms with Gasteiger partial charge in [0.1, 0.15) is 12.4 Å². The topological polar surface area (TPSA) is 50.8 Å². The minimum atomic E-state index is -0.165. The Balaban J connectivity index is 1.87. The number of amides is 1. The van der Waals surface area contributed by atoms with Crippen molar-refractivity contribution in [3.8, 4) is 5.75 Å².